The van der Waals surface area contributed by atoms with Crippen LogP contribution in [-0.2, 0) is 5.41 Å². The molecule has 0 aliphatic rings. The molecule has 3 heteroatoms. The van der Waals surface area contributed by atoms with E-state index in [-0.39, 0.29) is 5.41 Å². The summed E-state index contributed by atoms with van der Waals surface area (Å²) in [4.78, 5) is 0. The topological polar surface area (TPSA) is 73.6 Å². The molecule has 0 spiro atoms. The Balaban J connectivity index is 0.000000671. The zero-order valence-electron chi connectivity index (χ0n) is 8.28. The number of nitrogen functional groups attached to an aromatic ring is 1. The molecule has 1 rings (SSSR count). The maximum absolute atomic E-state index is 6.00. The van der Waals surface area contributed by atoms with Gasteiger partial charge >= 0.3 is 0 Å². The van der Waals surface area contributed by atoms with Crippen LogP contribution in [0.3, 0.4) is 0 Å². The molecule has 2 N–H and O–H groups in total. The molecule has 0 unspecified atom stereocenters. The molecule has 0 fully saturated rings. The summed E-state index contributed by atoms with van der Waals surface area (Å²) in [5.41, 5.74) is 7.96. The molecular weight excluding hydrogens is 162 g/mol. The fraction of sp³-hybridized carbons (Fsp3) is 0.400. The molecule has 0 aliphatic carbocycles. The van der Waals surface area contributed by atoms with Gasteiger partial charge in [-0.2, -0.15) is 0 Å². The molecule has 0 saturated heterocycles. The molecule has 0 atom stereocenters. The van der Waals surface area contributed by atoms with Gasteiger partial charge in [0, 0.05) is 16.5 Å². The normalized spacial score (nSPS) is 9.92. The van der Waals surface area contributed by atoms with Gasteiger partial charge in [-0.05, 0) is 23.1 Å². The van der Waals surface area contributed by atoms with Crippen molar-refractivity contribution in [1.29, 1.82) is 10.8 Å². The maximum atomic E-state index is 6.00. The van der Waals surface area contributed by atoms with Crippen LogP contribution in [0.15, 0.2) is 24.3 Å². The number of anilines is 1. The highest BCUT2D eigenvalue weighted by Crippen LogP contribution is 2.22. The standard InChI is InChI=1S/C10H15N.N2/c1-10(2,3)8-4-6-9(11)7-5-8;1-2/h4-7H,11H2,1-3H3;. The number of hydrogen-bond donors (Lipinski definition) is 1. The van der Waals surface area contributed by atoms with Crippen molar-refractivity contribution in [2.24, 2.45) is 0 Å². The van der Waals surface area contributed by atoms with Gasteiger partial charge in [-0.1, -0.05) is 32.9 Å². The van der Waals surface area contributed by atoms with E-state index in [4.69, 9.17) is 16.5 Å². The minimum absolute atomic E-state index is 0.230. The maximum Gasteiger partial charge on any atom is 0.0314 e. The van der Waals surface area contributed by atoms with Gasteiger partial charge in [0.25, 0.3) is 0 Å². The van der Waals surface area contributed by atoms with Gasteiger partial charge < -0.3 is 5.73 Å². The van der Waals surface area contributed by atoms with Gasteiger partial charge in [0.15, 0.2) is 0 Å². The molecule has 0 amide bonds. The molecule has 1 aromatic carbocycles. The fourth-order valence-electron chi connectivity index (χ4n) is 0.983. The molecule has 0 saturated carbocycles. The van der Waals surface area contributed by atoms with Crippen LogP contribution in [0, 0.1) is 10.8 Å². The average molecular weight is 177 g/mol. The summed E-state index contributed by atoms with van der Waals surface area (Å²) in [5, 5.41) is 12.0. The Morgan fingerprint density at radius 2 is 1.38 bits per heavy atom. The zero-order chi connectivity index (χ0) is 10.5. The lowest BCUT2D eigenvalue weighted by Gasteiger charge is -2.18. The number of nitrogens with zero attached hydrogens (tertiary/aromatic N) is 2. The molecule has 1 aromatic rings. The Kier molecular flexibility index (Phi) is 3.93. The average Bonchev–Trinajstić information content (AvgIpc) is 2.07. The van der Waals surface area contributed by atoms with Crippen LogP contribution in [0.1, 0.15) is 26.3 Å². The third-order valence-corrected chi connectivity index (χ3v) is 1.78. The van der Waals surface area contributed by atoms with E-state index in [1.54, 1.807) is 0 Å². The van der Waals surface area contributed by atoms with E-state index < -0.39 is 0 Å². The Morgan fingerprint density at radius 1 is 1.00 bits per heavy atom. The van der Waals surface area contributed by atoms with E-state index in [1.165, 1.54) is 5.56 Å². The van der Waals surface area contributed by atoms with Crippen molar-refractivity contribution >= 4 is 5.69 Å². The predicted molar refractivity (Wildman–Crippen MR) is 53.0 cm³/mol. The van der Waals surface area contributed by atoms with Gasteiger partial charge in [-0.3, -0.25) is 0 Å². The van der Waals surface area contributed by atoms with Gasteiger partial charge in [0.05, 0.1) is 0 Å². The van der Waals surface area contributed by atoms with E-state index in [9.17, 15) is 0 Å². The summed E-state index contributed by atoms with van der Waals surface area (Å²) in [6, 6.07) is 8.05. The SMILES string of the molecule is CC(C)(C)c1ccc(N)cc1.N#N. The van der Waals surface area contributed by atoms with Crippen molar-refractivity contribution in [1.82, 2.24) is 0 Å². The Bertz CT molecular complexity index is 266. The van der Waals surface area contributed by atoms with Crippen molar-refractivity contribution in [2.75, 3.05) is 5.73 Å². The summed E-state index contributed by atoms with van der Waals surface area (Å²) in [6.07, 6.45) is 0. The van der Waals surface area contributed by atoms with Crippen molar-refractivity contribution in [3.63, 3.8) is 0 Å². The number of hydrogen-bond acceptors (Lipinski definition) is 3. The van der Waals surface area contributed by atoms with E-state index in [0.717, 1.165) is 5.69 Å². The van der Waals surface area contributed by atoms with Crippen LogP contribution >= 0.6 is 0 Å². The van der Waals surface area contributed by atoms with E-state index >= 15 is 0 Å². The summed E-state index contributed by atoms with van der Waals surface area (Å²) in [5.74, 6) is 0. The molecule has 13 heavy (non-hydrogen) atoms. The summed E-state index contributed by atoms with van der Waals surface area (Å²) < 4.78 is 0. The molecule has 3 nitrogen and oxygen atoms in total. The zero-order valence-corrected chi connectivity index (χ0v) is 8.28. The third kappa shape index (κ3) is 3.57. The molecule has 0 aromatic heterocycles. The Hall–Kier alpha value is -1.56. The minimum Gasteiger partial charge on any atom is -0.399 e. The predicted octanol–water partition coefficient (Wildman–Crippen LogP) is 2.60. The van der Waals surface area contributed by atoms with Gasteiger partial charge in [-0.15, -0.1) is 0 Å². The number of benzene rings is 1. The Labute approximate surface area is 79.0 Å². The van der Waals surface area contributed by atoms with Gasteiger partial charge in [0.2, 0.25) is 0 Å². The van der Waals surface area contributed by atoms with Crippen LogP contribution < -0.4 is 5.73 Å². The first-order valence-corrected chi connectivity index (χ1v) is 4.06. The highest BCUT2D eigenvalue weighted by Gasteiger charge is 2.11. The van der Waals surface area contributed by atoms with Crippen LogP contribution in [0.5, 0.6) is 0 Å². The van der Waals surface area contributed by atoms with Crippen LogP contribution in [-0.4, -0.2) is 0 Å². The second kappa shape index (κ2) is 4.46. The second-order valence-electron chi connectivity index (χ2n) is 3.87. The van der Waals surface area contributed by atoms with E-state index in [1.807, 2.05) is 12.1 Å². The lowest BCUT2D eigenvalue weighted by molar-refractivity contribution is 0.590. The third-order valence-electron chi connectivity index (χ3n) is 1.78. The van der Waals surface area contributed by atoms with E-state index in [0.29, 0.717) is 0 Å². The molecule has 0 bridgehead atoms. The highest BCUT2D eigenvalue weighted by molar-refractivity contribution is 5.40. The quantitative estimate of drug-likeness (QED) is 0.489. The lowest BCUT2D eigenvalue weighted by Crippen LogP contribution is -2.10. The minimum atomic E-state index is 0.230. The lowest BCUT2D eigenvalue weighted by atomic mass is 9.87. The highest BCUT2D eigenvalue weighted by atomic mass is 14.6. The number of rotatable bonds is 0. The Morgan fingerprint density at radius 3 is 1.69 bits per heavy atom. The molecular formula is C10H15N3. The molecule has 0 aliphatic heterocycles. The molecule has 0 radical (unpaired) electrons. The summed E-state index contributed by atoms with van der Waals surface area (Å²) in [7, 11) is 0. The van der Waals surface area contributed by atoms with Crippen LogP contribution in [0.25, 0.3) is 0 Å². The first-order valence-electron chi connectivity index (χ1n) is 4.06. The monoisotopic (exact) mass is 177 g/mol. The van der Waals surface area contributed by atoms with Crippen LogP contribution in [0.2, 0.25) is 0 Å². The van der Waals surface area contributed by atoms with Crippen LogP contribution in [0.4, 0.5) is 5.69 Å². The van der Waals surface area contributed by atoms with Crippen molar-refractivity contribution < 1.29 is 0 Å². The second-order valence-corrected chi connectivity index (χ2v) is 3.87. The fourth-order valence-corrected chi connectivity index (χ4v) is 0.983. The van der Waals surface area contributed by atoms with Gasteiger partial charge in [-0.25, -0.2) is 0 Å². The first kappa shape index (κ1) is 11.4. The summed E-state index contributed by atoms with van der Waals surface area (Å²) in [6.45, 7) is 6.58. The van der Waals surface area contributed by atoms with Crippen molar-refractivity contribution in [3.8, 4) is 0 Å². The smallest absolute Gasteiger partial charge is 0.0314 e. The molecule has 70 valence electrons. The van der Waals surface area contributed by atoms with Gasteiger partial charge in [0.1, 0.15) is 0 Å². The van der Waals surface area contributed by atoms with Crippen molar-refractivity contribution in [2.45, 2.75) is 26.2 Å². The van der Waals surface area contributed by atoms with Crippen molar-refractivity contribution in [3.05, 3.63) is 29.8 Å². The molecule has 0 heterocycles. The summed E-state index contributed by atoms with van der Waals surface area (Å²) >= 11 is 0. The first-order chi connectivity index (χ1) is 6.00. The van der Waals surface area contributed by atoms with E-state index in [2.05, 4.69) is 32.9 Å². The number of nitrogens with two attached hydrogens (primary N) is 1. The largest absolute Gasteiger partial charge is 0.399 e.